The van der Waals surface area contributed by atoms with Gasteiger partial charge in [-0.15, -0.1) is 0 Å². The number of nitrogens with zero attached hydrogens (tertiary/aromatic N) is 5. The van der Waals surface area contributed by atoms with Gasteiger partial charge in [-0.25, -0.2) is 25.4 Å². The highest BCUT2D eigenvalue weighted by atomic mass is 16.3. The van der Waals surface area contributed by atoms with E-state index in [1.54, 1.807) is 37.4 Å². The van der Waals surface area contributed by atoms with Gasteiger partial charge in [0.25, 0.3) is 0 Å². The molecular formula is C22H24N8O2. The van der Waals surface area contributed by atoms with Gasteiger partial charge < -0.3 is 16.2 Å². The molecule has 5 rings (SSSR count). The van der Waals surface area contributed by atoms with Crippen LogP contribution in [0.5, 0.6) is 5.75 Å². The minimum Gasteiger partial charge on any atom is -0.508 e. The van der Waals surface area contributed by atoms with Crippen molar-refractivity contribution in [1.82, 2.24) is 20.4 Å². The predicted octanol–water partition coefficient (Wildman–Crippen LogP) is 2.14. The molecule has 1 unspecified atom stereocenters. The number of aromatic hydroxyl groups is 1. The Balaban J connectivity index is 1.58. The molecule has 0 radical (unpaired) electrons. The van der Waals surface area contributed by atoms with Gasteiger partial charge in [-0.1, -0.05) is 25.5 Å². The fourth-order valence-electron chi connectivity index (χ4n) is 4.26. The van der Waals surface area contributed by atoms with E-state index in [1.165, 1.54) is 0 Å². The second-order valence-electron chi connectivity index (χ2n) is 8.13. The Morgan fingerprint density at radius 2 is 2.16 bits per heavy atom. The molecule has 0 spiro atoms. The fourth-order valence-corrected chi connectivity index (χ4v) is 4.26. The van der Waals surface area contributed by atoms with Gasteiger partial charge in [0.05, 0.1) is 17.5 Å². The number of aromatic nitrogens is 2. The summed E-state index contributed by atoms with van der Waals surface area (Å²) in [5.74, 6) is 1.46. The lowest BCUT2D eigenvalue weighted by Crippen LogP contribution is -2.38. The second kappa shape index (κ2) is 7.41. The van der Waals surface area contributed by atoms with Gasteiger partial charge in [0, 0.05) is 0 Å². The lowest BCUT2D eigenvalue weighted by molar-refractivity contribution is -0.119. The topological polar surface area (TPSA) is 141 Å². The zero-order valence-corrected chi connectivity index (χ0v) is 17.9. The molecule has 5 N–H and O–H groups in total. The number of anilines is 2. The highest BCUT2D eigenvalue weighted by molar-refractivity contribution is 6.43. The van der Waals surface area contributed by atoms with Crippen LogP contribution in [0.25, 0.3) is 5.70 Å². The Morgan fingerprint density at radius 3 is 2.94 bits per heavy atom. The fraction of sp³-hybridized carbons (Fsp3) is 0.318. The number of amides is 1. The SMILES string of the molecule is CCCCC1=NC(c2nc(N)c3c(n2)NC(=O)C3(C)c2cccc(O)c2)=CN2NCN=C12. The smallest absolute Gasteiger partial charge is 0.240 e. The molecule has 1 amide bonds. The molecule has 164 valence electrons. The summed E-state index contributed by atoms with van der Waals surface area (Å²) in [4.78, 5) is 31.4. The van der Waals surface area contributed by atoms with Crippen LogP contribution >= 0.6 is 0 Å². The first kappa shape index (κ1) is 20.1. The number of phenols is 1. The van der Waals surface area contributed by atoms with Crippen molar-refractivity contribution in [3.8, 4) is 5.75 Å². The van der Waals surface area contributed by atoms with Gasteiger partial charge in [0.1, 0.15) is 35.2 Å². The third kappa shape index (κ3) is 3.02. The summed E-state index contributed by atoms with van der Waals surface area (Å²) in [6.45, 7) is 4.36. The quantitative estimate of drug-likeness (QED) is 0.567. The van der Waals surface area contributed by atoms with Crippen LogP contribution in [0.1, 0.15) is 50.1 Å². The summed E-state index contributed by atoms with van der Waals surface area (Å²) >= 11 is 0. The van der Waals surface area contributed by atoms with Gasteiger partial charge in [0.2, 0.25) is 5.91 Å². The average molecular weight is 432 g/mol. The van der Waals surface area contributed by atoms with E-state index < -0.39 is 5.41 Å². The number of nitrogens with one attached hydrogen (secondary N) is 2. The molecule has 10 heteroatoms. The summed E-state index contributed by atoms with van der Waals surface area (Å²) < 4.78 is 0. The molecule has 1 aromatic heterocycles. The van der Waals surface area contributed by atoms with E-state index in [9.17, 15) is 9.90 Å². The maximum atomic E-state index is 13.0. The van der Waals surface area contributed by atoms with Gasteiger partial charge >= 0.3 is 0 Å². The van der Waals surface area contributed by atoms with Crippen LogP contribution < -0.4 is 16.5 Å². The summed E-state index contributed by atoms with van der Waals surface area (Å²) in [5.41, 5.74) is 10.9. The van der Waals surface area contributed by atoms with Crippen molar-refractivity contribution in [1.29, 1.82) is 0 Å². The van der Waals surface area contributed by atoms with Gasteiger partial charge in [-0.05, 0) is 37.5 Å². The zero-order valence-electron chi connectivity index (χ0n) is 17.9. The molecule has 0 bridgehead atoms. The highest BCUT2D eigenvalue weighted by Gasteiger charge is 2.47. The minimum atomic E-state index is -1.12. The first-order valence-electron chi connectivity index (χ1n) is 10.6. The zero-order chi connectivity index (χ0) is 22.5. The summed E-state index contributed by atoms with van der Waals surface area (Å²) in [5, 5.41) is 14.6. The largest absolute Gasteiger partial charge is 0.508 e. The number of amidine groups is 1. The predicted molar refractivity (Wildman–Crippen MR) is 122 cm³/mol. The molecule has 1 aromatic carbocycles. The van der Waals surface area contributed by atoms with Gasteiger partial charge in [0.15, 0.2) is 11.7 Å². The minimum absolute atomic E-state index is 0.0676. The molecule has 4 heterocycles. The Hall–Kier alpha value is -3.79. The van der Waals surface area contributed by atoms with Gasteiger partial charge in [-0.3, -0.25) is 9.80 Å². The number of phenolic OH excluding ortho intramolecular Hbond substituents is 1. The number of aliphatic imine (C=N–C) groups is 2. The number of hydrogen-bond acceptors (Lipinski definition) is 9. The molecule has 3 aliphatic rings. The second-order valence-corrected chi connectivity index (χ2v) is 8.13. The number of nitrogens with two attached hydrogens (primary N) is 1. The van der Waals surface area contributed by atoms with Crippen LogP contribution in [0, 0.1) is 0 Å². The van der Waals surface area contributed by atoms with Crippen molar-refractivity contribution in [3.63, 3.8) is 0 Å². The normalized spacial score (nSPS) is 21.5. The molecule has 0 fully saturated rings. The lowest BCUT2D eigenvalue weighted by atomic mass is 9.77. The first-order chi connectivity index (χ1) is 15.4. The number of nitrogen functional groups attached to an aromatic ring is 1. The number of benzene rings is 1. The molecular weight excluding hydrogens is 408 g/mol. The first-order valence-corrected chi connectivity index (χ1v) is 10.6. The molecule has 0 aliphatic carbocycles. The van der Waals surface area contributed by atoms with E-state index in [0.29, 0.717) is 35.1 Å². The monoisotopic (exact) mass is 432 g/mol. The average Bonchev–Trinajstić information content (AvgIpc) is 3.35. The van der Waals surface area contributed by atoms with Crippen molar-refractivity contribution in [2.45, 2.75) is 38.5 Å². The van der Waals surface area contributed by atoms with E-state index in [-0.39, 0.29) is 17.5 Å². The standard InChI is InChI=1S/C22H24N8O2/c1-3-4-8-14-20-24-11-25-30(20)10-15(26-14)18-27-17(23)16-19(28-18)29-21(32)22(16,2)12-6-5-7-13(31)9-12/h5-7,9-10,25,31H,3-4,8,11H2,1-2H3,(H3,23,27,28,29,32). The Morgan fingerprint density at radius 1 is 1.31 bits per heavy atom. The third-order valence-corrected chi connectivity index (χ3v) is 6.01. The van der Waals surface area contributed by atoms with Crippen LogP contribution in [0.15, 0.2) is 40.5 Å². The van der Waals surface area contributed by atoms with Crippen LogP contribution in [0.3, 0.4) is 0 Å². The maximum absolute atomic E-state index is 13.0. The number of hydrogen-bond donors (Lipinski definition) is 4. The number of carbonyl (C=O) groups is 1. The summed E-state index contributed by atoms with van der Waals surface area (Å²) in [6, 6.07) is 6.57. The number of fused-ring (bicyclic) bond motifs is 2. The molecule has 1 atom stereocenters. The Kier molecular flexibility index (Phi) is 4.66. The van der Waals surface area contributed by atoms with E-state index in [2.05, 4.69) is 32.6 Å². The van der Waals surface area contributed by atoms with Crippen LogP contribution in [0.2, 0.25) is 0 Å². The van der Waals surface area contributed by atoms with Crippen molar-refractivity contribution < 1.29 is 9.90 Å². The van der Waals surface area contributed by atoms with E-state index in [4.69, 9.17) is 10.7 Å². The highest BCUT2D eigenvalue weighted by Crippen LogP contribution is 2.45. The van der Waals surface area contributed by atoms with E-state index in [1.807, 2.05) is 5.01 Å². The van der Waals surface area contributed by atoms with Gasteiger partial charge in [-0.2, -0.15) is 0 Å². The van der Waals surface area contributed by atoms with Crippen LogP contribution in [-0.2, 0) is 10.2 Å². The molecule has 2 aromatic rings. The summed E-state index contributed by atoms with van der Waals surface area (Å²) in [7, 11) is 0. The molecule has 10 nitrogen and oxygen atoms in total. The molecule has 32 heavy (non-hydrogen) atoms. The molecule has 3 aliphatic heterocycles. The van der Waals surface area contributed by atoms with E-state index >= 15 is 0 Å². The van der Waals surface area contributed by atoms with Crippen molar-refractivity contribution >= 4 is 34.8 Å². The van der Waals surface area contributed by atoms with Crippen molar-refractivity contribution in [3.05, 3.63) is 47.4 Å². The Bertz CT molecular complexity index is 1220. The molecule has 0 saturated carbocycles. The van der Waals surface area contributed by atoms with Crippen LogP contribution in [0.4, 0.5) is 11.6 Å². The third-order valence-electron chi connectivity index (χ3n) is 6.01. The number of hydrazine groups is 1. The van der Waals surface area contributed by atoms with Crippen molar-refractivity contribution in [2.24, 2.45) is 9.98 Å². The summed E-state index contributed by atoms with van der Waals surface area (Å²) in [6.07, 6.45) is 4.61. The number of rotatable bonds is 5. The maximum Gasteiger partial charge on any atom is 0.240 e. The van der Waals surface area contributed by atoms with Crippen molar-refractivity contribution in [2.75, 3.05) is 17.7 Å². The number of carbonyl (C=O) groups excluding carboxylic acids is 1. The number of unbranched alkanes of at least 4 members (excludes halogenated alkanes) is 1. The van der Waals surface area contributed by atoms with E-state index in [0.717, 1.165) is 30.8 Å². The van der Waals surface area contributed by atoms with Crippen LogP contribution in [-0.4, -0.2) is 44.2 Å². The Labute approximate surface area is 185 Å². The lowest BCUT2D eigenvalue weighted by Gasteiger charge is -2.24. The molecule has 0 saturated heterocycles.